The number of carbonyl (C=O) groups is 3. The van der Waals surface area contributed by atoms with Gasteiger partial charge in [0.2, 0.25) is 0 Å². The van der Waals surface area contributed by atoms with Gasteiger partial charge in [-0.15, -0.1) is 0 Å². The maximum atomic E-state index is 14.2. The molecule has 4 amide bonds. The van der Waals surface area contributed by atoms with Crippen LogP contribution >= 0.6 is 0 Å². The normalized spacial score (nSPS) is 21.6. The Kier molecular flexibility index (Phi) is 10.6. The molecule has 2 aromatic rings. The number of aryl methyl sites for hydroxylation is 1. The van der Waals surface area contributed by atoms with Crippen LogP contribution in [0.1, 0.15) is 55.2 Å². The number of likely N-dealkylation sites (tertiary alicyclic amines) is 3. The zero-order valence-corrected chi connectivity index (χ0v) is 29.4. The lowest BCUT2D eigenvalue weighted by Gasteiger charge is -2.42. The third-order valence-corrected chi connectivity index (χ3v) is 11.2. The van der Waals surface area contributed by atoms with E-state index in [4.69, 9.17) is 18.9 Å². The monoisotopic (exact) mass is 689 g/mol. The van der Waals surface area contributed by atoms with E-state index in [-0.39, 0.29) is 24.4 Å². The minimum atomic E-state index is -0.967. The summed E-state index contributed by atoms with van der Waals surface area (Å²) in [5.74, 6) is 1.23. The number of para-hydroxylation sites is 1. The minimum Gasteiger partial charge on any atom is -0.486 e. The van der Waals surface area contributed by atoms with E-state index in [1.165, 1.54) is 0 Å². The average Bonchev–Trinajstić information content (AvgIpc) is 3.32. The number of anilines is 1. The van der Waals surface area contributed by atoms with Crippen LogP contribution in [-0.2, 0) is 27.1 Å². The van der Waals surface area contributed by atoms with Gasteiger partial charge in [-0.3, -0.25) is 4.79 Å². The summed E-state index contributed by atoms with van der Waals surface area (Å²) in [7, 11) is 1.79. The van der Waals surface area contributed by atoms with E-state index >= 15 is 0 Å². The Morgan fingerprint density at radius 3 is 2.34 bits per heavy atom. The number of rotatable bonds is 7. The Bertz CT molecular complexity index is 1530. The predicted octanol–water partition coefficient (Wildman–Crippen LogP) is 4.47. The molecule has 12 heteroatoms. The summed E-state index contributed by atoms with van der Waals surface area (Å²) in [6.07, 6.45) is 5.09. The second-order valence-electron chi connectivity index (χ2n) is 14.3. The largest absolute Gasteiger partial charge is 0.486 e. The molecule has 5 aliphatic rings. The highest BCUT2D eigenvalue weighted by Crippen LogP contribution is 2.35. The van der Waals surface area contributed by atoms with Crippen LogP contribution < -0.4 is 14.8 Å². The highest BCUT2D eigenvalue weighted by Gasteiger charge is 2.37. The quantitative estimate of drug-likeness (QED) is 0.454. The van der Waals surface area contributed by atoms with E-state index in [9.17, 15) is 14.4 Å². The molecule has 1 N–H and O–H groups in total. The Labute approximate surface area is 294 Å². The van der Waals surface area contributed by atoms with Gasteiger partial charge in [0.05, 0.1) is 6.10 Å². The summed E-state index contributed by atoms with van der Waals surface area (Å²) in [5, 5.41) is 3.06. The third-order valence-electron chi connectivity index (χ3n) is 11.2. The predicted molar refractivity (Wildman–Crippen MR) is 188 cm³/mol. The minimum absolute atomic E-state index is 0.0214. The molecular formula is C38H51N5O7. The van der Waals surface area contributed by atoms with Crippen molar-refractivity contribution in [2.75, 3.05) is 71.5 Å². The molecule has 0 aromatic heterocycles. The third kappa shape index (κ3) is 7.66. The molecular weight excluding hydrogens is 638 g/mol. The van der Waals surface area contributed by atoms with Crippen LogP contribution in [0, 0.1) is 6.92 Å². The highest BCUT2D eigenvalue weighted by molar-refractivity contribution is 5.91. The molecule has 5 aliphatic heterocycles. The lowest BCUT2D eigenvalue weighted by Crippen LogP contribution is -2.53. The van der Waals surface area contributed by atoms with Gasteiger partial charge in [0.25, 0.3) is 5.91 Å². The van der Waals surface area contributed by atoms with Crippen LogP contribution in [0.25, 0.3) is 0 Å². The first kappa shape index (κ1) is 34.4. The van der Waals surface area contributed by atoms with E-state index in [0.717, 1.165) is 73.3 Å². The highest BCUT2D eigenvalue weighted by atomic mass is 16.6. The Morgan fingerprint density at radius 2 is 1.58 bits per heavy atom. The van der Waals surface area contributed by atoms with E-state index in [1.54, 1.807) is 12.0 Å². The summed E-state index contributed by atoms with van der Waals surface area (Å²) in [4.78, 5) is 49.0. The van der Waals surface area contributed by atoms with Gasteiger partial charge in [-0.1, -0.05) is 24.3 Å². The average molecular weight is 690 g/mol. The van der Waals surface area contributed by atoms with Gasteiger partial charge in [0.15, 0.2) is 17.6 Å². The van der Waals surface area contributed by atoms with Crippen molar-refractivity contribution in [3.63, 3.8) is 0 Å². The first-order chi connectivity index (χ1) is 24.4. The number of amides is 4. The molecule has 5 heterocycles. The number of piperidine rings is 3. The summed E-state index contributed by atoms with van der Waals surface area (Å²) >= 11 is 0. The summed E-state index contributed by atoms with van der Waals surface area (Å²) in [5.41, 5.74) is 3.78. The Hall–Kier alpha value is -4.03. The molecule has 7 rings (SSSR count). The molecule has 0 spiro atoms. The van der Waals surface area contributed by atoms with Crippen molar-refractivity contribution >= 4 is 23.7 Å². The van der Waals surface area contributed by atoms with Crippen LogP contribution in [0.4, 0.5) is 15.3 Å². The second-order valence-corrected chi connectivity index (χ2v) is 14.3. The number of hydrogen-bond acceptors (Lipinski definition) is 8. The maximum Gasteiger partial charge on any atom is 0.410 e. The topological polar surface area (TPSA) is 113 Å². The molecule has 12 nitrogen and oxygen atoms in total. The number of nitrogens with zero attached hydrogens (tertiary/aromatic N) is 4. The van der Waals surface area contributed by atoms with E-state index < -0.39 is 12.2 Å². The molecule has 0 saturated carbocycles. The Balaban J connectivity index is 0.992. The fraction of sp³-hybridized carbons (Fsp3) is 0.605. The lowest BCUT2D eigenvalue weighted by molar-refractivity contribution is -0.142. The van der Waals surface area contributed by atoms with Crippen molar-refractivity contribution in [1.29, 1.82) is 0 Å². The first-order valence-electron chi connectivity index (χ1n) is 18.4. The lowest BCUT2D eigenvalue weighted by atomic mass is 9.97. The van der Waals surface area contributed by atoms with Crippen molar-refractivity contribution in [2.45, 2.75) is 82.6 Å². The summed E-state index contributed by atoms with van der Waals surface area (Å²) < 4.78 is 23.4. The molecule has 0 bridgehead atoms. The number of benzene rings is 2. The fourth-order valence-electron chi connectivity index (χ4n) is 8.34. The molecule has 0 unspecified atom stereocenters. The van der Waals surface area contributed by atoms with Crippen LogP contribution in [0.5, 0.6) is 11.5 Å². The first-order valence-corrected chi connectivity index (χ1v) is 18.4. The van der Waals surface area contributed by atoms with Crippen LogP contribution in [0.2, 0.25) is 0 Å². The molecule has 1 atom stereocenters. The van der Waals surface area contributed by atoms with Gasteiger partial charge >= 0.3 is 12.1 Å². The van der Waals surface area contributed by atoms with Gasteiger partial charge in [-0.2, -0.15) is 0 Å². The number of hydrogen-bond donors (Lipinski definition) is 1. The molecule has 270 valence electrons. The van der Waals surface area contributed by atoms with Gasteiger partial charge < -0.3 is 43.9 Å². The maximum absolute atomic E-state index is 14.2. The fourth-order valence-corrected chi connectivity index (χ4v) is 8.34. The Morgan fingerprint density at radius 1 is 0.880 bits per heavy atom. The van der Waals surface area contributed by atoms with Crippen molar-refractivity contribution in [3.05, 3.63) is 53.1 Å². The number of methoxy groups -OCH3 is 1. The number of urea groups is 1. The van der Waals surface area contributed by atoms with Crippen molar-refractivity contribution < 1.29 is 33.3 Å². The zero-order chi connectivity index (χ0) is 34.6. The van der Waals surface area contributed by atoms with Crippen LogP contribution in [0.15, 0.2) is 36.4 Å². The van der Waals surface area contributed by atoms with E-state index in [0.29, 0.717) is 76.7 Å². The van der Waals surface area contributed by atoms with Crippen molar-refractivity contribution in [3.8, 4) is 11.5 Å². The van der Waals surface area contributed by atoms with E-state index in [2.05, 4.69) is 16.3 Å². The van der Waals surface area contributed by atoms with E-state index in [1.807, 2.05) is 47.1 Å². The van der Waals surface area contributed by atoms with Gasteiger partial charge in [-0.05, 0) is 80.7 Å². The number of nitrogens with one attached hydrogen (secondary N) is 1. The van der Waals surface area contributed by atoms with Gasteiger partial charge in [0.1, 0.15) is 13.2 Å². The molecule has 3 fully saturated rings. The summed E-state index contributed by atoms with van der Waals surface area (Å²) in [6, 6.07) is 12.2. The van der Waals surface area contributed by atoms with Crippen molar-refractivity contribution in [2.24, 2.45) is 0 Å². The molecule has 50 heavy (non-hydrogen) atoms. The van der Waals surface area contributed by atoms with Crippen LogP contribution in [0.3, 0.4) is 0 Å². The second kappa shape index (κ2) is 15.5. The number of carbonyl (C=O) groups excluding carboxylic acids is 3. The molecule has 0 radical (unpaired) electrons. The van der Waals surface area contributed by atoms with Crippen molar-refractivity contribution in [1.82, 2.24) is 19.6 Å². The standard InChI is InChI=1S/C38H51N5O7/c1-26-23-27(24-33-35(26)49-22-21-48-33)25-34(36(44)41-14-8-29(9-15-41)40-18-12-31(47-2)13-19-40)50-38(46)42-16-10-30(11-17-42)43-20-7-28-5-3-4-6-32(28)39-37(43)45/h3-6,23-24,29-31,34H,7-22,25H2,1-2H3,(H,39,45)/t34-/m1/s1. The number of ether oxygens (including phenoxy) is 4. The molecule has 3 saturated heterocycles. The SMILES string of the molecule is COC1CCN(C2CCN(C(=O)[C@@H](Cc3cc(C)c4c(c3)OCCO4)OC(=O)N3CCC(N4CCc5ccccc5NC4=O)CC3)CC2)CC1. The molecule has 2 aromatic carbocycles. The number of fused-ring (bicyclic) bond motifs is 2. The smallest absolute Gasteiger partial charge is 0.410 e. The van der Waals surface area contributed by atoms with Crippen LogP contribution in [-0.4, -0.2) is 128 Å². The van der Waals surface area contributed by atoms with Gasteiger partial charge in [-0.25, -0.2) is 9.59 Å². The molecule has 0 aliphatic carbocycles. The summed E-state index contributed by atoms with van der Waals surface area (Å²) in [6.45, 7) is 7.78. The van der Waals surface area contributed by atoms with Gasteiger partial charge in [0, 0.05) is 77.1 Å². The zero-order valence-electron chi connectivity index (χ0n) is 29.4.